The maximum absolute atomic E-state index is 11.1. The molecule has 2 aliphatic heterocycles. The van der Waals surface area contributed by atoms with Crippen molar-refractivity contribution < 1.29 is 4.79 Å². The number of rotatable bonds is 0. The number of amides is 1. The number of hydrogen-bond donors (Lipinski definition) is 1. The van der Waals surface area contributed by atoms with Gasteiger partial charge in [0.05, 0.1) is 0 Å². The van der Waals surface area contributed by atoms with E-state index < -0.39 is 0 Å². The average molecular weight is 153 g/mol. The van der Waals surface area contributed by atoms with E-state index in [0.29, 0.717) is 11.3 Å². The van der Waals surface area contributed by atoms with Gasteiger partial charge in [0.15, 0.2) is 0 Å². The smallest absolute Gasteiger partial charge is 0.220 e. The lowest BCUT2D eigenvalue weighted by molar-refractivity contribution is -0.122. The van der Waals surface area contributed by atoms with Crippen LogP contribution in [0, 0.1) is 17.3 Å². The van der Waals surface area contributed by atoms with Crippen molar-refractivity contribution in [1.82, 2.24) is 5.32 Å². The molecular formula is C9H15NO. The van der Waals surface area contributed by atoms with Crippen LogP contribution < -0.4 is 5.32 Å². The van der Waals surface area contributed by atoms with Gasteiger partial charge in [-0.15, -0.1) is 0 Å². The van der Waals surface area contributed by atoms with Crippen molar-refractivity contribution in [3.8, 4) is 0 Å². The fraction of sp³-hybridized carbons (Fsp3) is 0.889. The third kappa shape index (κ3) is 0.883. The van der Waals surface area contributed by atoms with Crippen LogP contribution in [0.3, 0.4) is 0 Å². The van der Waals surface area contributed by atoms with Crippen LogP contribution in [0.4, 0.5) is 0 Å². The van der Waals surface area contributed by atoms with Crippen LogP contribution in [-0.4, -0.2) is 12.5 Å². The van der Waals surface area contributed by atoms with Crippen LogP contribution in [-0.2, 0) is 4.79 Å². The topological polar surface area (TPSA) is 29.1 Å². The second-order valence-electron chi connectivity index (χ2n) is 4.46. The van der Waals surface area contributed by atoms with Crippen molar-refractivity contribution in [3.63, 3.8) is 0 Å². The fourth-order valence-corrected chi connectivity index (χ4v) is 2.35. The second-order valence-corrected chi connectivity index (χ2v) is 4.46. The summed E-state index contributed by atoms with van der Waals surface area (Å²) in [5.74, 6) is 1.64. The van der Waals surface area contributed by atoms with Gasteiger partial charge in [-0.1, -0.05) is 13.8 Å². The van der Waals surface area contributed by atoms with Crippen molar-refractivity contribution >= 4 is 5.91 Å². The third-order valence-corrected chi connectivity index (χ3v) is 3.65. The Morgan fingerprint density at radius 1 is 1.45 bits per heavy atom. The zero-order valence-electron chi connectivity index (χ0n) is 7.18. The number of carbonyl (C=O) groups is 1. The highest BCUT2D eigenvalue weighted by Gasteiger charge is 2.49. The summed E-state index contributed by atoms with van der Waals surface area (Å²) in [6, 6.07) is 0. The second kappa shape index (κ2) is 1.99. The Hall–Kier alpha value is -0.530. The first-order valence-electron chi connectivity index (χ1n) is 4.37. The van der Waals surface area contributed by atoms with Crippen LogP contribution in [0.15, 0.2) is 0 Å². The molecule has 11 heavy (non-hydrogen) atoms. The monoisotopic (exact) mass is 153 g/mol. The molecule has 2 bridgehead atoms. The minimum absolute atomic E-state index is 0.253. The van der Waals surface area contributed by atoms with Gasteiger partial charge in [0.1, 0.15) is 0 Å². The molecular weight excluding hydrogens is 138 g/mol. The molecule has 2 saturated heterocycles. The van der Waals surface area contributed by atoms with Gasteiger partial charge in [-0.3, -0.25) is 4.79 Å². The number of carbonyl (C=O) groups excluding carboxylic acids is 1. The molecule has 2 atom stereocenters. The van der Waals surface area contributed by atoms with E-state index in [0.717, 1.165) is 18.9 Å². The third-order valence-electron chi connectivity index (χ3n) is 3.65. The molecule has 3 fully saturated rings. The Labute approximate surface area is 67.4 Å². The molecule has 3 aliphatic rings. The van der Waals surface area contributed by atoms with E-state index in [2.05, 4.69) is 19.2 Å². The standard InChI is InChI=1S/C9H15NO/c1-9(2)6-3-7(9)5-10-8(11)4-6/h6-7H,3-5H2,1-2H3,(H,10,11). The molecule has 1 amide bonds. The molecule has 0 spiro atoms. The summed E-state index contributed by atoms with van der Waals surface area (Å²) in [6.45, 7) is 5.47. The highest BCUT2D eigenvalue weighted by atomic mass is 16.1. The van der Waals surface area contributed by atoms with Gasteiger partial charge in [-0.25, -0.2) is 0 Å². The van der Waals surface area contributed by atoms with E-state index in [1.165, 1.54) is 6.42 Å². The Kier molecular flexibility index (Phi) is 1.29. The molecule has 3 rings (SSSR count). The maximum Gasteiger partial charge on any atom is 0.220 e. The van der Waals surface area contributed by atoms with E-state index in [9.17, 15) is 4.79 Å². The molecule has 0 aromatic carbocycles. The molecule has 0 radical (unpaired) electrons. The molecule has 2 nitrogen and oxygen atoms in total. The van der Waals surface area contributed by atoms with E-state index in [4.69, 9.17) is 0 Å². The van der Waals surface area contributed by atoms with Crippen molar-refractivity contribution in [1.29, 1.82) is 0 Å². The van der Waals surface area contributed by atoms with Crippen LogP contribution in [0.5, 0.6) is 0 Å². The van der Waals surface area contributed by atoms with Gasteiger partial charge in [0, 0.05) is 13.0 Å². The van der Waals surface area contributed by atoms with Gasteiger partial charge < -0.3 is 5.32 Å². The van der Waals surface area contributed by atoms with Crippen molar-refractivity contribution in [2.24, 2.45) is 17.3 Å². The van der Waals surface area contributed by atoms with Gasteiger partial charge in [-0.2, -0.15) is 0 Å². The molecule has 2 heteroatoms. The van der Waals surface area contributed by atoms with Crippen LogP contribution >= 0.6 is 0 Å². The van der Waals surface area contributed by atoms with Crippen molar-refractivity contribution in [2.45, 2.75) is 26.7 Å². The van der Waals surface area contributed by atoms with E-state index in [1.807, 2.05) is 0 Å². The fourth-order valence-electron chi connectivity index (χ4n) is 2.35. The summed E-state index contributed by atoms with van der Waals surface area (Å²) in [6.07, 6.45) is 2.01. The van der Waals surface area contributed by atoms with E-state index in [1.54, 1.807) is 0 Å². The summed E-state index contributed by atoms with van der Waals surface area (Å²) < 4.78 is 0. The highest BCUT2D eigenvalue weighted by molar-refractivity contribution is 5.77. The highest BCUT2D eigenvalue weighted by Crippen LogP contribution is 2.53. The Balaban J connectivity index is 2.17. The van der Waals surface area contributed by atoms with Crippen molar-refractivity contribution in [2.75, 3.05) is 6.54 Å². The summed E-state index contributed by atoms with van der Waals surface area (Å²) >= 11 is 0. The lowest BCUT2D eigenvalue weighted by Crippen LogP contribution is -2.45. The lowest BCUT2D eigenvalue weighted by Gasteiger charge is -2.50. The zero-order valence-corrected chi connectivity index (χ0v) is 7.18. The minimum Gasteiger partial charge on any atom is -0.356 e. The predicted octanol–water partition coefficient (Wildman–Crippen LogP) is 1.17. The molecule has 62 valence electrons. The van der Waals surface area contributed by atoms with Gasteiger partial charge in [0.25, 0.3) is 0 Å². The quantitative estimate of drug-likeness (QED) is 0.556. The van der Waals surface area contributed by atoms with Gasteiger partial charge in [0.2, 0.25) is 5.91 Å². The van der Waals surface area contributed by atoms with E-state index in [-0.39, 0.29) is 5.91 Å². The summed E-state index contributed by atoms with van der Waals surface area (Å²) in [7, 11) is 0. The predicted molar refractivity (Wildman–Crippen MR) is 43.0 cm³/mol. The minimum atomic E-state index is 0.253. The Bertz CT molecular complexity index is 198. The van der Waals surface area contributed by atoms with Crippen molar-refractivity contribution in [3.05, 3.63) is 0 Å². The molecule has 1 saturated carbocycles. The maximum atomic E-state index is 11.1. The Morgan fingerprint density at radius 2 is 2.18 bits per heavy atom. The number of hydrogen-bond acceptors (Lipinski definition) is 1. The molecule has 0 aromatic heterocycles. The molecule has 2 heterocycles. The SMILES string of the molecule is CC1(C)C2CNC(=O)CC1C2. The van der Waals surface area contributed by atoms with E-state index >= 15 is 0 Å². The zero-order chi connectivity index (χ0) is 8.06. The Morgan fingerprint density at radius 3 is 2.82 bits per heavy atom. The van der Waals surface area contributed by atoms with Crippen LogP contribution in [0.1, 0.15) is 26.7 Å². The van der Waals surface area contributed by atoms with Crippen LogP contribution in [0.2, 0.25) is 0 Å². The van der Waals surface area contributed by atoms with Gasteiger partial charge >= 0.3 is 0 Å². The first kappa shape index (κ1) is 7.14. The average Bonchev–Trinajstić information content (AvgIpc) is 2.17. The normalized spacial score (nSPS) is 40.4. The summed E-state index contributed by atoms with van der Waals surface area (Å²) in [5, 5.41) is 2.95. The lowest BCUT2D eigenvalue weighted by atomic mass is 9.54. The summed E-state index contributed by atoms with van der Waals surface area (Å²) in [5.41, 5.74) is 0.416. The molecule has 1 aliphatic carbocycles. The first-order valence-corrected chi connectivity index (χ1v) is 4.37. The number of nitrogens with one attached hydrogen (secondary N) is 1. The molecule has 1 N–H and O–H groups in total. The number of fused-ring (bicyclic) bond motifs is 3. The van der Waals surface area contributed by atoms with Gasteiger partial charge in [-0.05, 0) is 23.7 Å². The van der Waals surface area contributed by atoms with Crippen LogP contribution in [0.25, 0.3) is 0 Å². The molecule has 2 unspecified atom stereocenters. The molecule has 0 aromatic rings. The first-order chi connectivity index (χ1) is 5.10. The summed E-state index contributed by atoms with van der Waals surface area (Å²) in [4.78, 5) is 11.1. The largest absolute Gasteiger partial charge is 0.356 e.